The number of nitrogens with zero attached hydrogens (tertiary/aromatic N) is 4. The van der Waals surface area contributed by atoms with Crippen LogP contribution >= 0.6 is 0 Å². The topological polar surface area (TPSA) is 115 Å². The van der Waals surface area contributed by atoms with Crippen LogP contribution in [-0.4, -0.2) is 45.5 Å². The quantitative estimate of drug-likeness (QED) is 0.437. The minimum absolute atomic E-state index is 0.0513. The molecule has 9 nitrogen and oxygen atoms in total. The van der Waals surface area contributed by atoms with Gasteiger partial charge in [0.1, 0.15) is 0 Å². The number of hydrogen-bond donors (Lipinski definition) is 2. The van der Waals surface area contributed by atoms with Gasteiger partial charge in [-0.3, -0.25) is 14.9 Å². The van der Waals surface area contributed by atoms with Crippen molar-refractivity contribution in [3.05, 3.63) is 46.3 Å². The Morgan fingerprint density at radius 1 is 1.41 bits per heavy atom. The van der Waals surface area contributed by atoms with Crippen LogP contribution in [0.3, 0.4) is 0 Å². The molecule has 9 heteroatoms. The molecule has 116 valence electrons. The number of rotatable bonds is 7. The van der Waals surface area contributed by atoms with Gasteiger partial charge in [-0.2, -0.15) is 0 Å². The summed E-state index contributed by atoms with van der Waals surface area (Å²) in [5.41, 5.74) is 0.570. The van der Waals surface area contributed by atoms with Crippen LogP contribution in [0.2, 0.25) is 0 Å². The highest BCUT2D eigenvalue weighted by molar-refractivity contribution is 5.91. The van der Waals surface area contributed by atoms with Crippen molar-refractivity contribution in [3.8, 4) is 5.69 Å². The van der Waals surface area contributed by atoms with Gasteiger partial charge >= 0.3 is 0 Å². The van der Waals surface area contributed by atoms with E-state index >= 15 is 0 Å². The van der Waals surface area contributed by atoms with E-state index in [4.69, 9.17) is 0 Å². The minimum Gasteiger partial charge on any atom is -0.349 e. The van der Waals surface area contributed by atoms with E-state index in [0.29, 0.717) is 18.8 Å². The van der Waals surface area contributed by atoms with E-state index in [9.17, 15) is 14.9 Å². The van der Waals surface area contributed by atoms with Gasteiger partial charge in [0.25, 0.3) is 11.6 Å². The lowest BCUT2D eigenvalue weighted by Crippen LogP contribution is -2.31. The summed E-state index contributed by atoms with van der Waals surface area (Å²) < 4.78 is 1.33. The van der Waals surface area contributed by atoms with Crippen LogP contribution in [0.1, 0.15) is 17.4 Å². The summed E-state index contributed by atoms with van der Waals surface area (Å²) in [4.78, 5) is 22.1. The molecule has 0 atom stereocenters. The van der Waals surface area contributed by atoms with Gasteiger partial charge in [0, 0.05) is 25.2 Å². The molecule has 0 fully saturated rings. The van der Waals surface area contributed by atoms with Crippen LogP contribution in [0.15, 0.2) is 30.5 Å². The first-order valence-corrected chi connectivity index (χ1v) is 6.78. The lowest BCUT2D eigenvalue weighted by atomic mass is 10.3. The maximum absolute atomic E-state index is 11.9. The molecule has 0 unspecified atom stereocenters. The van der Waals surface area contributed by atoms with Crippen molar-refractivity contribution >= 4 is 11.6 Å². The lowest BCUT2D eigenvalue weighted by molar-refractivity contribution is -0.384. The van der Waals surface area contributed by atoms with E-state index in [0.717, 1.165) is 6.54 Å². The second kappa shape index (κ2) is 7.27. The average molecular weight is 304 g/mol. The van der Waals surface area contributed by atoms with E-state index in [1.165, 1.54) is 23.0 Å². The first kappa shape index (κ1) is 15.6. The normalized spacial score (nSPS) is 10.4. The molecule has 2 aromatic rings. The van der Waals surface area contributed by atoms with Gasteiger partial charge in [-0.1, -0.05) is 18.2 Å². The standard InChI is InChI=1S/C13H16N6O3/c1-2-14-6-7-15-13(20)12-9-18(17-16-12)10-4-3-5-11(8-10)19(21)22/h3-5,8-9,14H,2,6-7H2,1H3,(H,15,20). The van der Waals surface area contributed by atoms with Gasteiger partial charge in [0.2, 0.25) is 0 Å². The molecule has 2 rings (SSSR count). The highest BCUT2D eigenvalue weighted by Crippen LogP contribution is 2.15. The first-order chi connectivity index (χ1) is 10.6. The number of non-ortho nitro benzene ring substituents is 1. The Hall–Kier alpha value is -2.81. The van der Waals surface area contributed by atoms with E-state index in [1.54, 1.807) is 12.1 Å². The number of nitro benzene ring substituents is 1. The average Bonchev–Trinajstić information content (AvgIpc) is 3.01. The number of likely N-dealkylation sites (N-methyl/N-ethyl adjacent to an activating group) is 1. The van der Waals surface area contributed by atoms with Crippen LogP contribution < -0.4 is 10.6 Å². The Labute approximate surface area is 126 Å². The van der Waals surface area contributed by atoms with Gasteiger partial charge in [-0.25, -0.2) is 4.68 Å². The zero-order valence-electron chi connectivity index (χ0n) is 12.0. The Morgan fingerprint density at radius 2 is 2.23 bits per heavy atom. The molecule has 0 aliphatic heterocycles. The number of benzene rings is 1. The number of amides is 1. The van der Waals surface area contributed by atoms with E-state index in [-0.39, 0.29) is 17.3 Å². The molecule has 1 amide bonds. The summed E-state index contributed by atoms with van der Waals surface area (Å²) in [6.45, 7) is 3.96. The maximum Gasteiger partial charge on any atom is 0.273 e. The molecule has 0 aliphatic carbocycles. The van der Waals surface area contributed by atoms with Crippen molar-refractivity contribution in [3.63, 3.8) is 0 Å². The number of carbonyl (C=O) groups is 1. The largest absolute Gasteiger partial charge is 0.349 e. The third-order valence-corrected chi connectivity index (χ3v) is 2.87. The lowest BCUT2D eigenvalue weighted by Gasteiger charge is -2.02. The molecule has 0 aliphatic rings. The van der Waals surface area contributed by atoms with Crippen molar-refractivity contribution in [1.29, 1.82) is 0 Å². The first-order valence-electron chi connectivity index (χ1n) is 6.78. The Balaban J connectivity index is 2.06. The summed E-state index contributed by atoms with van der Waals surface area (Å²) in [5, 5.41) is 24.1. The molecule has 0 saturated carbocycles. The molecule has 1 heterocycles. The molecule has 22 heavy (non-hydrogen) atoms. The monoisotopic (exact) mass is 304 g/mol. The number of hydrogen-bond acceptors (Lipinski definition) is 6. The van der Waals surface area contributed by atoms with Crippen LogP contribution in [0, 0.1) is 10.1 Å². The molecule has 1 aromatic carbocycles. The van der Waals surface area contributed by atoms with E-state index in [1.807, 2.05) is 6.92 Å². The predicted molar refractivity (Wildman–Crippen MR) is 78.9 cm³/mol. The number of aromatic nitrogens is 3. The number of nitro groups is 1. The van der Waals surface area contributed by atoms with Gasteiger partial charge in [0.15, 0.2) is 5.69 Å². The Bertz CT molecular complexity index is 669. The molecule has 0 radical (unpaired) electrons. The van der Waals surface area contributed by atoms with Crippen LogP contribution in [0.5, 0.6) is 0 Å². The van der Waals surface area contributed by atoms with Crippen LogP contribution in [-0.2, 0) is 0 Å². The minimum atomic E-state index is -0.491. The third-order valence-electron chi connectivity index (χ3n) is 2.87. The fourth-order valence-corrected chi connectivity index (χ4v) is 1.77. The molecular weight excluding hydrogens is 288 g/mol. The molecule has 0 spiro atoms. The van der Waals surface area contributed by atoms with E-state index in [2.05, 4.69) is 20.9 Å². The highest BCUT2D eigenvalue weighted by Gasteiger charge is 2.12. The zero-order chi connectivity index (χ0) is 15.9. The highest BCUT2D eigenvalue weighted by atomic mass is 16.6. The van der Waals surface area contributed by atoms with Crippen molar-refractivity contribution in [2.45, 2.75) is 6.92 Å². The van der Waals surface area contributed by atoms with Crippen LogP contribution in [0.4, 0.5) is 5.69 Å². The van der Waals surface area contributed by atoms with E-state index < -0.39 is 4.92 Å². The van der Waals surface area contributed by atoms with Crippen molar-refractivity contribution in [2.75, 3.05) is 19.6 Å². The summed E-state index contributed by atoms with van der Waals surface area (Å²) in [7, 11) is 0. The summed E-state index contributed by atoms with van der Waals surface area (Å²) in [5.74, 6) is -0.338. The van der Waals surface area contributed by atoms with Gasteiger partial charge in [-0.05, 0) is 12.6 Å². The molecular formula is C13H16N6O3. The fraction of sp³-hybridized carbons (Fsp3) is 0.308. The Morgan fingerprint density at radius 3 is 2.95 bits per heavy atom. The number of nitrogens with one attached hydrogen (secondary N) is 2. The molecule has 2 N–H and O–H groups in total. The fourth-order valence-electron chi connectivity index (χ4n) is 1.77. The van der Waals surface area contributed by atoms with Crippen LogP contribution in [0.25, 0.3) is 5.69 Å². The zero-order valence-corrected chi connectivity index (χ0v) is 12.0. The summed E-state index contributed by atoms with van der Waals surface area (Å²) in [6, 6.07) is 5.94. The second-order valence-electron chi connectivity index (χ2n) is 4.43. The summed E-state index contributed by atoms with van der Waals surface area (Å²) >= 11 is 0. The SMILES string of the molecule is CCNCCNC(=O)c1cn(-c2cccc([N+](=O)[O-])c2)nn1. The molecule has 0 bridgehead atoms. The number of carbonyl (C=O) groups excluding carboxylic acids is 1. The molecule has 1 aromatic heterocycles. The van der Waals surface area contributed by atoms with Gasteiger partial charge in [-0.15, -0.1) is 5.10 Å². The van der Waals surface area contributed by atoms with Crippen molar-refractivity contribution in [2.24, 2.45) is 0 Å². The van der Waals surface area contributed by atoms with Crippen molar-refractivity contribution in [1.82, 2.24) is 25.6 Å². The summed E-state index contributed by atoms with van der Waals surface area (Å²) in [6.07, 6.45) is 1.43. The smallest absolute Gasteiger partial charge is 0.273 e. The van der Waals surface area contributed by atoms with Crippen molar-refractivity contribution < 1.29 is 9.72 Å². The van der Waals surface area contributed by atoms with Gasteiger partial charge < -0.3 is 10.6 Å². The van der Waals surface area contributed by atoms with Gasteiger partial charge in [0.05, 0.1) is 16.8 Å². The molecule has 0 saturated heterocycles. The second-order valence-corrected chi connectivity index (χ2v) is 4.43. The maximum atomic E-state index is 11.9. The Kier molecular flexibility index (Phi) is 5.15. The third kappa shape index (κ3) is 3.85. The predicted octanol–water partition coefficient (Wildman–Crippen LogP) is 0.515.